The number of methoxy groups -OCH3 is 2. The number of nitrogens with zero attached hydrogens (tertiary/aromatic N) is 3. The fourth-order valence-electron chi connectivity index (χ4n) is 3.37. The van der Waals surface area contributed by atoms with Gasteiger partial charge in [0.2, 0.25) is 4.77 Å². The molecule has 6 nitrogen and oxygen atoms in total. The largest absolute Gasteiger partial charge is 0.493 e. The molecule has 0 saturated heterocycles. The number of aryl methyl sites for hydroxylation is 1. The third-order valence-electron chi connectivity index (χ3n) is 4.69. The minimum absolute atomic E-state index is 0.694. The summed E-state index contributed by atoms with van der Waals surface area (Å²) in [5.41, 5.74) is 2.63. The molecule has 0 aliphatic carbocycles. The van der Waals surface area contributed by atoms with Crippen LogP contribution in [0.1, 0.15) is 17.0 Å². The van der Waals surface area contributed by atoms with E-state index in [-0.39, 0.29) is 0 Å². The van der Waals surface area contributed by atoms with E-state index in [0.717, 1.165) is 48.3 Å². The van der Waals surface area contributed by atoms with Crippen LogP contribution in [0.5, 0.6) is 11.5 Å². The number of aromatic nitrogens is 3. The first-order chi connectivity index (χ1) is 12.1. The molecule has 0 amide bonds. The predicted octanol–water partition coefficient (Wildman–Crippen LogP) is 1.52. The molecule has 25 heavy (non-hydrogen) atoms. The van der Waals surface area contributed by atoms with Gasteiger partial charge in [-0.3, -0.25) is 0 Å². The summed E-state index contributed by atoms with van der Waals surface area (Å²) in [4.78, 5) is 1.43. The van der Waals surface area contributed by atoms with Gasteiger partial charge >= 0.3 is 0 Å². The van der Waals surface area contributed by atoms with Crippen molar-refractivity contribution >= 4 is 12.2 Å². The molecule has 0 saturated carbocycles. The Morgan fingerprint density at radius 2 is 1.96 bits per heavy atom. The van der Waals surface area contributed by atoms with Gasteiger partial charge in [-0.25, -0.2) is 0 Å². The molecule has 134 valence electrons. The molecule has 1 aliphatic rings. The first-order valence-corrected chi connectivity index (χ1v) is 8.80. The third kappa shape index (κ3) is 3.48. The van der Waals surface area contributed by atoms with Gasteiger partial charge in [-0.1, -0.05) is 6.08 Å². The molecule has 3 rings (SSSR count). The second-order valence-corrected chi connectivity index (χ2v) is 6.65. The van der Waals surface area contributed by atoms with Crippen molar-refractivity contribution in [2.45, 2.75) is 33.1 Å². The van der Waals surface area contributed by atoms with Gasteiger partial charge in [0.25, 0.3) is 0 Å². The van der Waals surface area contributed by atoms with E-state index in [2.05, 4.69) is 23.8 Å². The first kappa shape index (κ1) is 17.7. The minimum atomic E-state index is 0.694. The van der Waals surface area contributed by atoms with E-state index < -0.39 is 0 Å². The lowest BCUT2D eigenvalue weighted by Gasteiger charge is -2.26. The Morgan fingerprint density at radius 1 is 1.28 bits per heavy atom. The van der Waals surface area contributed by atoms with Crippen molar-refractivity contribution in [1.29, 1.82) is 0 Å². The van der Waals surface area contributed by atoms with E-state index in [1.54, 1.807) is 14.2 Å². The van der Waals surface area contributed by atoms with Crippen LogP contribution >= 0.6 is 12.2 Å². The van der Waals surface area contributed by atoms with Gasteiger partial charge in [0.1, 0.15) is 12.4 Å². The number of ether oxygens (including phenoxy) is 2. The number of rotatable bonds is 6. The lowest BCUT2D eigenvalue weighted by molar-refractivity contribution is -0.939. The zero-order valence-corrected chi connectivity index (χ0v) is 15.9. The average Bonchev–Trinajstić information content (AvgIpc) is 2.88. The molecule has 2 aromatic rings. The maximum absolute atomic E-state index is 5.56. The maximum Gasteiger partial charge on any atom is 0.203 e. The van der Waals surface area contributed by atoms with Gasteiger partial charge in [0, 0.05) is 18.5 Å². The van der Waals surface area contributed by atoms with E-state index in [1.165, 1.54) is 16.0 Å². The van der Waals surface area contributed by atoms with Crippen molar-refractivity contribution in [3.05, 3.63) is 46.5 Å². The maximum atomic E-state index is 5.56. The summed E-state index contributed by atoms with van der Waals surface area (Å²) in [6.07, 6.45) is 2.85. The van der Waals surface area contributed by atoms with Crippen molar-refractivity contribution < 1.29 is 14.4 Å². The molecular formula is C18H25N4O2S+. The molecule has 2 heterocycles. The standard InChI is InChI=1S/C18H24N4O2S/c1-5-7-21-13(2)19-22(18(21)25)12-20-8-6-14-9-16(23-3)17(24-4)10-15(14)11-20/h5,9-10H,1,6-8,11-12H2,2-4H3/p+1. The number of fused-ring (bicyclic) bond motifs is 1. The summed E-state index contributed by atoms with van der Waals surface area (Å²) in [7, 11) is 3.35. The van der Waals surface area contributed by atoms with Crippen LogP contribution in [0.4, 0.5) is 0 Å². The molecule has 1 aliphatic heterocycles. The van der Waals surface area contributed by atoms with Crippen molar-refractivity contribution in [1.82, 2.24) is 14.3 Å². The summed E-state index contributed by atoms with van der Waals surface area (Å²) >= 11 is 5.56. The molecule has 1 atom stereocenters. The smallest absolute Gasteiger partial charge is 0.203 e. The SMILES string of the molecule is C=CCn1c(C)nn(C[NH+]2CCc3cc(OC)c(OC)cc3C2)c1=S. The van der Waals surface area contributed by atoms with E-state index in [0.29, 0.717) is 6.54 Å². The molecule has 1 unspecified atom stereocenters. The van der Waals surface area contributed by atoms with E-state index in [4.69, 9.17) is 21.7 Å². The van der Waals surface area contributed by atoms with E-state index in [9.17, 15) is 0 Å². The highest BCUT2D eigenvalue weighted by atomic mass is 32.1. The second kappa shape index (κ2) is 7.41. The summed E-state index contributed by atoms with van der Waals surface area (Å²) in [5, 5.41) is 4.60. The highest BCUT2D eigenvalue weighted by Crippen LogP contribution is 2.31. The summed E-state index contributed by atoms with van der Waals surface area (Å²) < 4.78 is 15.5. The predicted molar refractivity (Wildman–Crippen MR) is 98.8 cm³/mol. The number of hydrogen-bond donors (Lipinski definition) is 1. The Morgan fingerprint density at radius 3 is 2.60 bits per heavy atom. The summed E-state index contributed by atoms with van der Waals surface area (Å²) in [6, 6.07) is 4.19. The summed E-state index contributed by atoms with van der Waals surface area (Å²) in [5.74, 6) is 2.50. The van der Waals surface area contributed by atoms with Crippen molar-refractivity contribution in [2.75, 3.05) is 20.8 Å². The number of benzene rings is 1. The Bertz CT molecular complexity index is 840. The molecule has 7 heteroatoms. The van der Waals surface area contributed by atoms with E-state index in [1.807, 2.05) is 22.2 Å². The van der Waals surface area contributed by atoms with Crippen LogP contribution in [-0.4, -0.2) is 35.1 Å². The van der Waals surface area contributed by atoms with Crippen LogP contribution in [0.15, 0.2) is 24.8 Å². The molecule has 0 fully saturated rings. The molecule has 0 bridgehead atoms. The van der Waals surface area contributed by atoms with Gasteiger partial charge in [0.05, 0.1) is 20.8 Å². The van der Waals surface area contributed by atoms with Crippen molar-refractivity contribution in [3.63, 3.8) is 0 Å². The normalized spacial score (nSPS) is 16.4. The van der Waals surface area contributed by atoms with Crippen molar-refractivity contribution in [3.8, 4) is 11.5 Å². The van der Waals surface area contributed by atoms with Gasteiger partial charge in [-0.05, 0) is 36.8 Å². The van der Waals surface area contributed by atoms with Crippen LogP contribution in [0.3, 0.4) is 0 Å². The molecular weight excluding hydrogens is 336 g/mol. The highest BCUT2D eigenvalue weighted by Gasteiger charge is 2.23. The number of hydrogen-bond acceptors (Lipinski definition) is 4. The zero-order chi connectivity index (χ0) is 18.0. The second-order valence-electron chi connectivity index (χ2n) is 6.29. The van der Waals surface area contributed by atoms with Crippen LogP contribution in [0, 0.1) is 11.7 Å². The summed E-state index contributed by atoms with van der Waals surface area (Å²) in [6.45, 7) is 9.18. The van der Waals surface area contributed by atoms with E-state index >= 15 is 0 Å². The van der Waals surface area contributed by atoms with Gasteiger partial charge in [-0.15, -0.1) is 6.58 Å². The Balaban J connectivity index is 1.81. The molecule has 1 aromatic heterocycles. The minimum Gasteiger partial charge on any atom is -0.493 e. The number of nitrogens with one attached hydrogen (secondary N) is 1. The fraction of sp³-hybridized carbons (Fsp3) is 0.444. The number of allylic oxidation sites excluding steroid dienone is 1. The van der Waals surface area contributed by atoms with Crippen LogP contribution in [-0.2, 0) is 26.2 Å². The van der Waals surface area contributed by atoms with Gasteiger partial charge in [0.15, 0.2) is 18.2 Å². The molecule has 0 spiro atoms. The van der Waals surface area contributed by atoms with Crippen LogP contribution in [0.25, 0.3) is 0 Å². The third-order valence-corrected chi connectivity index (χ3v) is 5.12. The van der Waals surface area contributed by atoms with Crippen LogP contribution < -0.4 is 14.4 Å². The highest BCUT2D eigenvalue weighted by molar-refractivity contribution is 7.71. The first-order valence-electron chi connectivity index (χ1n) is 8.39. The Hall–Kier alpha value is -2.12. The quantitative estimate of drug-likeness (QED) is 0.626. The van der Waals surface area contributed by atoms with Gasteiger partial charge in [-0.2, -0.15) is 9.78 Å². The zero-order valence-electron chi connectivity index (χ0n) is 15.0. The lowest BCUT2D eigenvalue weighted by Crippen LogP contribution is -3.11. The average molecular weight is 361 g/mol. The van der Waals surface area contributed by atoms with Crippen LogP contribution in [0.2, 0.25) is 0 Å². The number of quaternary nitrogens is 1. The fourth-order valence-corrected chi connectivity index (χ4v) is 3.68. The lowest BCUT2D eigenvalue weighted by atomic mass is 9.99. The topological polar surface area (TPSA) is 45.7 Å². The van der Waals surface area contributed by atoms with Crippen molar-refractivity contribution in [2.24, 2.45) is 0 Å². The Kier molecular flexibility index (Phi) is 5.24. The molecule has 1 N–H and O–H groups in total. The molecule has 0 radical (unpaired) electrons. The molecule has 1 aromatic carbocycles. The van der Waals surface area contributed by atoms with Gasteiger partial charge < -0.3 is 18.9 Å². The Labute approximate surface area is 153 Å². The monoisotopic (exact) mass is 361 g/mol.